The van der Waals surface area contributed by atoms with Crippen LogP contribution in [0, 0.1) is 0 Å². The Balaban J connectivity index is 0.984. The van der Waals surface area contributed by atoms with Gasteiger partial charge in [-0.15, -0.1) is 6.58 Å². The molecule has 0 bridgehead atoms. The van der Waals surface area contributed by atoms with E-state index in [-0.39, 0.29) is 56.7 Å². The van der Waals surface area contributed by atoms with Crippen molar-refractivity contribution in [2.45, 2.75) is 99.0 Å². The van der Waals surface area contributed by atoms with Gasteiger partial charge in [0.25, 0.3) is 0 Å². The van der Waals surface area contributed by atoms with Crippen LogP contribution in [0.3, 0.4) is 0 Å². The smallest absolute Gasteiger partial charge is 0.338 e. The van der Waals surface area contributed by atoms with Gasteiger partial charge in [-0.2, -0.15) is 0 Å². The Labute approximate surface area is 641 Å². The number of benzene rings is 9. The number of hydrogen-bond acceptors (Lipinski definition) is 26. The first-order chi connectivity index (χ1) is 54.6. The van der Waals surface area contributed by atoms with E-state index < -0.39 is 172 Å². The predicted octanol–water partition coefficient (Wildman–Crippen LogP) is 11.0. The first-order valence-corrected chi connectivity index (χ1v) is 35.5. The lowest BCUT2D eigenvalue weighted by molar-refractivity contribution is -0.339. The number of carbonyl (C=O) groups is 10. The highest BCUT2D eigenvalue weighted by Gasteiger charge is 2.59. The molecule has 0 aromatic heterocycles. The molecule has 9 aromatic rings. The second-order valence-electron chi connectivity index (χ2n) is 25.3. The molecular formula is C86H74O26. The van der Waals surface area contributed by atoms with Crippen molar-refractivity contribution in [2.75, 3.05) is 26.4 Å². The molecule has 0 radical (unpaired) electrons. The van der Waals surface area contributed by atoms with Crippen LogP contribution in [-0.2, 0) is 80.6 Å². The summed E-state index contributed by atoms with van der Waals surface area (Å²) >= 11 is 0. The highest BCUT2D eigenvalue weighted by molar-refractivity contribution is 5.94. The highest BCUT2D eigenvalue weighted by atomic mass is 16.8. The molecule has 0 spiro atoms. The van der Waals surface area contributed by atoms with Gasteiger partial charge in [0.05, 0.1) is 69.9 Å². The molecule has 112 heavy (non-hydrogen) atoms. The summed E-state index contributed by atoms with van der Waals surface area (Å²) in [7, 11) is 0. The van der Waals surface area contributed by atoms with Crippen molar-refractivity contribution in [1.29, 1.82) is 0 Å². The van der Waals surface area contributed by atoms with E-state index in [4.69, 9.17) is 75.8 Å². The molecule has 3 aliphatic rings. The lowest BCUT2D eigenvalue weighted by Crippen LogP contribution is -2.66. The minimum Gasteiger partial charge on any atom is -0.459 e. The van der Waals surface area contributed by atoms with Crippen molar-refractivity contribution < 1.29 is 124 Å². The second-order valence-corrected chi connectivity index (χ2v) is 25.3. The largest absolute Gasteiger partial charge is 0.459 e. The molecule has 15 atom stereocenters. The molecule has 0 saturated carbocycles. The van der Waals surface area contributed by atoms with E-state index in [9.17, 15) is 47.9 Å². The van der Waals surface area contributed by atoms with Crippen LogP contribution in [-0.4, -0.2) is 178 Å². The third kappa shape index (κ3) is 20.3. The summed E-state index contributed by atoms with van der Waals surface area (Å²) < 4.78 is 103. The van der Waals surface area contributed by atoms with Gasteiger partial charge < -0.3 is 75.8 Å². The van der Waals surface area contributed by atoms with Crippen molar-refractivity contribution in [3.8, 4) is 0 Å². The fourth-order valence-corrected chi connectivity index (χ4v) is 12.3. The van der Waals surface area contributed by atoms with E-state index >= 15 is 0 Å². The van der Waals surface area contributed by atoms with Gasteiger partial charge in [0.15, 0.2) is 73.8 Å². The average Bonchev–Trinajstić information content (AvgIpc) is 0.778. The molecule has 0 N–H and O–H groups in total. The highest BCUT2D eigenvalue weighted by Crippen LogP contribution is 2.38. The Bertz CT molecular complexity index is 4660. The summed E-state index contributed by atoms with van der Waals surface area (Å²) in [6, 6.07) is 68.7. The summed E-state index contributed by atoms with van der Waals surface area (Å²) in [5.41, 5.74) is -0.0717. The molecule has 3 heterocycles. The van der Waals surface area contributed by atoms with Gasteiger partial charge in [-0.1, -0.05) is 170 Å². The minimum atomic E-state index is -2.12. The third-order valence-corrected chi connectivity index (χ3v) is 17.7. The average molecular weight is 1520 g/mol. The normalized spacial score (nSPS) is 23.1. The van der Waals surface area contributed by atoms with E-state index in [2.05, 4.69) is 6.58 Å². The second kappa shape index (κ2) is 38.5. The predicted molar refractivity (Wildman–Crippen MR) is 391 cm³/mol. The van der Waals surface area contributed by atoms with Crippen molar-refractivity contribution in [1.82, 2.24) is 0 Å². The van der Waals surface area contributed by atoms with Crippen LogP contribution in [0.25, 0.3) is 0 Å². The van der Waals surface area contributed by atoms with Crippen LogP contribution in [0.1, 0.15) is 100 Å². The Morgan fingerprint density at radius 1 is 0.259 bits per heavy atom. The van der Waals surface area contributed by atoms with Crippen molar-refractivity contribution in [2.24, 2.45) is 0 Å². The Kier molecular flexibility index (Phi) is 27.1. The van der Waals surface area contributed by atoms with Gasteiger partial charge in [-0.3, -0.25) is 4.79 Å². The summed E-state index contributed by atoms with van der Waals surface area (Å²) in [5, 5.41) is 0. The van der Waals surface area contributed by atoms with E-state index in [0.29, 0.717) is 0 Å². The van der Waals surface area contributed by atoms with Crippen LogP contribution in [0.4, 0.5) is 0 Å². The molecule has 12 rings (SSSR count). The van der Waals surface area contributed by atoms with Gasteiger partial charge in [0.2, 0.25) is 0 Å². The SMILES string of the molecule is C=CCO[C@H]1O[C@H](CO[C@H]2O[C@H](CO[C@H]3O[C@H](COC(=O)c4ccccc4)[C@@H](OC(=O)c4ccccc4)[C@H](OC(=O)c4ccccc4)[C@@H]3OC(C)=O)[C@@H](OC(=O)c3ccccc3)[C@H](OC(=O)c3ccccc3)[C@@H]2OC(=O)c2ccccc2)[C@@H](OC(=O)c2ccccc2)[C@H](OC(=O)c2ccccc2)[C@@H]1OC(=O)c1ccccc1. The van der Waals surface area contributed by atoms with Gasteiger partial charge in [-0.05, 0) is 109 Å². The molecule has 0 aliphatic carbocycles. The standard InChI is InChI=1S/C86H74O26/c1-3-49-97-84-73(111-82(95)61-45-27-11-28-46-61)70(109-80(93)59-41-23-9-24-42-59)67(106-77(90)56-35-17-6-18-36-56)64(102-84)51-100-86-74(112-83(96)62-47-29-12-30-48-62)71(110-81(94)60-43-25-10-26-44-60)68(107-78(91)57-37-19-7-20-38-57)65(104-86)52-99-85-72(101-53(2)87)69(108-79(92)58-39-21-8-22-40-58)66(105-76(89)55-33-15-5-16-34-55)63(103-85)50-98-75(88)54-31-13-4-14-32-54/h3-48,63-74,84-86H,1,49-52H2,2H3/t63-,64-,65-,66-,67-,68-,69+,70+,71+,72+,73+,74+,84+,85+,86+/m1/s1. The fourth-order valence-electron chi connectivity index (χ4n) is 12.3. The third-order valence-electron chi connectivity index (χ3n) is 17.7. The van der Waals surface area contributed by atoms with E-state index in [1.54, 1.807) is 127 Å². The van der Waals surface area contributed by atoms with Gasteiger partial charge >= 0.3 is 59.7 Å². The van der Waals surface area contributed by atoms with Crippen molar-refractivity contribution in [3.63, 3.8) is 0 Å². The monoisotopic (exact) mass is 1520 g/mol. The lowest BCUT2D eigenvalue weighted by Gasteiger charge is -2.47. The number of rotatable bonds is 29. The summed E-state index contributed by atoms with van der Waals surface area (Å²) in [6.45, 7) is 1.87. The molecule has 574 valence electrons. The topological polar surface area (TPSA) is 318 Å². The minimum absolute atomic E-state index is 0.00650. The maximum Gasteiger partial charge on any atom is 0.338 e. The van der Waals surface area contributed by atoms with Crippen molar-refractivity contribution >= 4 is 59.7 Å². The molecule has 0 unspecified atom stereocenters. The number of hydrogen-bond donors (Lipinski definition) is 0. The Morgan fingerprint density at radius 2 is 0.455 bits per heavy atom. The molecule has 9 aromatic carbocycles. The zero-order chi connectivity index (χ0) is 78.3. The number of ether oxygens (including phenoxy) is 16. The number of carbonyl (C=O) groups excluding carboxylic acids is 10. The molecule has 3 aliphatic heterocycles. The first kappa shape index (κ1) is 78.8. The Hall–Kier alpha value is -12.8. The number of esters is 10. The van der Waals surface area contributed by atoms with Gasteiger partial charge in [0.1, 0.15) is 24.9 Å². The molecule has 0 amide bonds. The fraction of sp³-hybridized carbons (Fsp3) is 0.233. The quantitative estimate of drug-likeness (QED) is 0.0239. The lowest BCUT2D eigenvalue weighted by atomic mass is 9.96. The zero-order valence-electron chi connectivity index (χ0n) is 59.9. The Morgan fingerprint density at radius 3 is 0.688 bits per heavy atom. The molecule has 26 heteroatoms. The molecule has 26 nitrogen and oxygen atoms in total. The van der Waals surface area contributed by atoms with Gasteiger partial charge in [0, 0.05) is 6.92 Å². The van der Waals surface area contributed by atoms with E-state index in [1.165, 1.54) is 152 Å². The van der Waals surface area contributed by atoms with E-state index in [1.807, 2.05) is 0 Å². The van der Waals surface area contributed by atoms with Gasteiger partial charge in [-0.25, -0.2) is 43.2 Å². The van der Waals surface area contributed by atoms with Crippen molar-refractivity contribution in [3.05, 3.63) is 336 Å². The van der Waals surface area contributed by atoms with Crippen LogP contribution in [0.15, 0.2) is 286 Å². The van der Waals surface area contributed by atoms with Crippen LogP contribution < -0.4 is 0 Å². The summed E-state index contributed by atoms with van der Waals surface area (Å²) in [4.78, 5) is 145. The summed E-state index contributed by atoms with van der Waals surface area (Å²) in [6.07, 6.45) is -27.2. The van der Waals surface area contributed by atoms with Crippen LogP contribution in [0.5, 0.6) is 0 Å². The zero-order valence-corrected chi connectivity index (χ0v) is 59.9. The van der Waals surface area contributed by atoms with Crippen LogP contribution >= 0.6 is 0 Å². The molecule has 3 fully saturated rings. The van der Waals surface area contributed by atoms with Crippen LogP contribution in [0.2, 0.25) is 0 Å². The maximum atomic E-state index is 15.0. The first-order valence-electron chi connectivity index (χ1n) is 35.5. The molecule has 3 saturated heterocycles. The summed E-state index contributed by atoms with van der Waals surface area (Å²) in [5.74, 6) is -10.1. The maximum absolute atomic E-state index is 15.0. The van der Waals surface area contributed by atoms with E-state index in [0.717, 1.165) is 6.92 Å². The molecular weight excluding hydrogens is 1450 g/mol.